The molecule has 0 spiro atoms. The van der Waals surface area contributed by atoms with Crippen molar-refractivity contribution in [3.05, 3.63) is 54.1 Å². The van der Waals surface area contributed by atoms with Gasteiger partial charge in [0.1, 0.15) is 0 Å². The quantitative estimate of drug-likeness (QED) is 0.788. The molecule has 18 heavy (non-hydrogen) atoms. The van der Waals surface area contributed by atoms with Gasteiger partial charge in [-0.1, -0.05) is 44.7 Å². The summed E-state index contributed by atoms with van der Waals surface area (Å²) in [5.74, 6) is 0. The Labute approximate surface area is 113 Å². The lowest BCUT2D eigenvalue weighted by atomic mass is 9.87. The number of hydrogen-bond acceptors (Lipinski definition) is 2. The van der Waals surface area contributed by atoms with Gasteiger partial charge >= 0.3 is 0 Å². The summed E-state index contributed by atoms with van der Waals surface area (Å²) >= 11 is 1.76. The molecule has 0 heterocycles. The second-order valence-corrected chi connectivity index (χ2v) is 6.59. The van der Waals surface area contributed by atoms with Crippen LogP contribution in [0.3, 0.4) is 0 Å². The Morgan fingerprint density at radius 2 is 1.22 bits per heavy atom. The maximum atomic E-state index is 5.68. The van der Waals surface area contributed by atoms with Crippen LogP contribution in [0.1, 0.15) is 26.3 Å². The summed E-state index contributed by atoms with van der Waals surface area (Å²) in [6, 6.07) is 16.8. The SMILES string of the molecule is CC(C)(C)c1ccc(Sc2ccc(N)cc2)cc1. The van der Waals surface area contributed by atoms with Crippen LogP contribution in [-0.2, 0) is 5.41 Å². The molecule has 0 radical (unpaired) electrons. The average molecular weight is 257 g/mol. The van der Waals surface area contributed by atoms with Gasteiger partial charge in [0.2, 0.25) is 0 Å². The van der Waals surface area contributed by atoms with Gasteiger partial charge in [0.15, 0.2) is 0 Å². The number of hydrogen-bond donors (Lipinski definition) is 1. The predicted octanol–water partition coefficient (Wildman–Crippen LogP) is 4.72. The van der Waals surface area contributed by atoms with E-state index in [1.54, 1.807) is 11.8 Å². The molecule has 0 amide bonds. The summed E-state index contributed by atoms with van der Waals surface area (Å²) in [7, 11) is 0. The van der Waals surface area contributed by atoms with Crippen molar-refractivity contribution in [1.29, 1.82) is 0 Å². The minimum Gasteiger partial charge on any atom is -0.399 e. The Kier molecular flexibility index (Phi) is 3.67. The molecule has 0 saturated carbocycles. The van der Waals surface area contributed by atoms with Crippen molar-refractivity contribution in [2.75, 3.05) is 5.73 Å². The minimum absolute atomic E-state index is 0.213. The second kappa shape index (κ2) is 5.07. The summed E-state index contributed by atoms with van der Waals surface area (Å²) in [5.41, 5.74) is 8.06. The van der Waals surface area contributed by atoms with E-state index in [1.807, 2.05) is 12.1 Å². The molecule has 0 aliphatic carbocycles. The van der Waals surface area contributed by atoms with Crippen molar-refractivity contribution < 1.29 is 0 Å². The van der Waals surface area contributed by atoms with E-state index in [-0.39, 0.29) is 5.41 Å². The van der Waals surface area contributed by atoms with Crippen molar-refractivity contribution >= 4 is 17.4 Å². The van der Waals surface area contributed by atoms with Crippen molar-refractivity contribution in [1.82, 2.24) is 0 Å². The maximum Gasteiger partial charge on any atom is 0.0314 e. The van der Waals surface area contributed by atoms with Gasteiger partial charge in [-0.25, -0.2) is 0 Å². The molecule has 2 rings (SSSR count). The lowest BCUT2D eigenvalue weighted by Crippen LogP contribution is -2.10. The van der Waals surface area contributed by atoms with Crippen LogP contribution >= 0.6 is 11.8 Å². The fourth-order valence-electron chi connectivity index (χ4n) is 1.69. The van der Waals surface area contributed by atoms with Crippen molar-refractivity contribution in [3.63, 3.8) is 0 Å². The smallest absolute Gasteiger partial charge is 0.0314 e. The van der Waals surface area contributed by atoms with E-state index in [4.69, 9.17) is 5.73 Å². The fourth-order valence-corrected chi connectivity index (χ4v) is 2.51. The minimum atomic E-state index is 0.213. The Hall–Kier alpha value is -1.41. The van der Waals surface area contributed by atoms with Gasteiger partial charge in [-0.05, 0) is 47.4 Å². The molecule has 0 aliphatic heterocycles. The standard InChI is InChI=1S/C16H19NS/c1-16(2,3)12-4-8-14(9-5-12)18-15-10-6-13(17)7-11-15/h4-11H,17H2,1-3H3. The summed E-state index contributed by atoms with van der Waals surface area (Å²) < 4.78 is 0. The molecule has 2 N–H and O–H groups in total. The summed E-state index contributed by atoms with van der Waals surface area (Å²) in [6.07, 6.45) is 0. The van der Waals surface area contributed by atoms with Gasteiger partial charge in [-0.3, -0.25) is 0 Å². The topological polar surface area (TPSA) is 26.0 Å². The third-order valence-electron chi connectivity index (χ3n) is 2.84. The maximum absolute atomic E-state index is 5.68. The van der Waals surface area contributed by atoms with E-state index in [2.05, 4.69) is 57.2 Å². The van der Waals surface area contributed by atoms with Gasteiger partial charge < -0.3 is 5.73 Å². The number of nitrogen functional groups attached to an aromatic ring is 1. The Morgan fingerprint density at radius 1 is 0.778 bits per heavy atom. The third kappa shape index (κ3) is 3.30. The summed E-state index contributed by atoms with van der Waals surface area (Å²) in [4.78, 5) is 2.47. The number of nitrogens with two attached hydrogens (primary N) is 1. The van der Waals surface area contributed by atoms with Gasteiger partial charge in [0, 0.05) is 15.5 Å². The van der Waals surface area contributed by atoms with Gasteiger partial charge in [-0.15, -0.1) is 0 Å². The lowest BCUT2D eigenvalue weighted by Gasteiger charge is -2.19. The molecule has 2 heteroatoms. The monoisotopic (exact) mass is 257 g/mol. The summed E-state index contributed by atoms with van der Waals surface area (Å²) in [6.45, 7) is 6.69. The zero-order chi connectivity index (χ0) is 13.2. The lowest BCUT2D eigenvalue weighted by molar-refractivity contribution is 0.590. The normalized spacial score (nSPS) is 11.5. The molecule has 0 bridgehead atoms. The zero-order valence-corrected chi connectivity index (χ0v) is 11.9. The molecule has 2 aromatic rings. The highest BCUT2D eigenvalue weighted by Crippen LogP contribution is 2.30. The molecule has 0 aromatic heterocycles. The molecule has 0 unspecified atom stereocenters. The molecular weight excluding hydrogens is 238 g/mol. The van der Waals surface area contributed by atoms with Crippen LogP contribution in [0.5, 0.6) is 0 Å². The van der Waals surface area contributed by atoms with Crippen LogP contribution in [0.25, 0.3) is 0 Å². The van der Waals surface area contributed by atoms with E-state index >= 15 is 0 Å². The zero-order valence-electron chi connectivity index (χ0n) is 11.1. The second-order valence-electron chi connectivity index (χ2n) is 5.45. The first-order valence-electron chi connectivity index (χ1n) is 6.09. The van der Waals surface area contributed by atoms with Crippen molar-refractivity contribution in [3.8, 4) is 0 Å². The summed E-state index contributed by atoms with van der Waals surface area (Å²) in [5, 5.41) is 0. The van der Waals surface area contributed by atoms with Crippen LogP contribution in [0.2, 0.25) is 0 Å². The molecule has 0 fully saturated rings. The third-order valence-corrected chi connectivity index (χ3v) is 3.85. The highest BCUT2D eigenvalue weighted by atomic mass is 32.2. The number of anilines is 1. The van der Waals surface area contributed by atoms with Gasteiger partial charge in [0.25, 0.3) is 0 Å². The van der Waals surface area contributed by atoms with E-state index in [1.165, 1.54) is 15.4 Å². The fraction of sp³-hybridized carbons (Fsp3) is 0.250. The predicted molar refractivity (Wildman–Crippen MR) is 80.1 cm³/mol. The molecular formula is C16H19NS. The molecule has 1 nitrogen and oxygen atoms in total. The Morgan fingerprint density at radius 3 is 1.67 bits per heavy atom. The van der Waals surface area contributed by atoms with E-state index < -0.39 is 0 Å². The van der Waals surface area contributed by atoms with E-state index in [0.29, 0.717) is 0 Å². The van der Waals surface area contributed by atoms with Crippen LogP contribution in [0, 0.1) is 0 Å². The molecule has 0 atom stereocenters. The first-order chi connectivity index (χ1) is 8.45. The first-order valence-corrected chi connectivity index (χ1v) is 6.91. The molecule has 0 saturated heterocycles. The molecule has 94 valence electrons. The van der Waals surface area contributed by atoms with Gasteiger partial charge in [-0.2, -0.15) is 0 Å². The van der Waals surface area contributed by atoms with Crippen LogP contribution in [0.4, 0.5) is 5.69 Å². The largest absolute Gasteiger partial charge is 0.399 e. The van der Waals surface area contributed by atoms with Crippen LogP contribution in [0.15, 0.2) is 58.3 Å². The highest BCUT2D eigenvalue weighted by molar-refractivity contribution is 7.99. The van der Waals surface area contributed by atoms with Crippen LogP contribution < -0.4 is 5.73 Å². The molecule has 0 aliphatic rings. The number of rotatable bonds is 2. The van der Waals surface area contributed by atoms with Crippen molar-refractivity contribution in [2.45, 2.75) is 36.0 Å². The Balaban J connectivity index is 2.13. The van der Waals surface area contributed by atoms with E-state index in [9.17, 15) is 0 Å². The average Bonchev–Trinajstić information content (AvgIpc) is 2.32. The van der Waals surface area contributed by atoms with Crippen LogP contribution in [-0.4, -0.2) is 0 Å². The molecule has 2 aromatic carbocycles. The van der Waals surface area contributed by atoms with Gasteiger partial charge in [0.05, 0.1) is 0 Å². The van der Waals surface area contributed by atoms with Crippen molar-refractivity contribution in [2.24, 2.45) is 0 Å². The van der Waals surface area contributed by atoms with E-state index in [0.717, 1.165) is 5.69 Å². The number of benzene rings is 2. The Bertz CT molecular complexity index is 506. The first kappa shape index (κ1) is 13.0. The highest BCUT2D eigenvalue weighted by Gasteiger charge is 2.12.